The van der Waals surface area contributed by atoms with E-state index in [-0.39, 0.29) is 28.7 Å². The maximum absolute atomic E-state index is 14.2. The Morgan fingerprint density at radius 1 is 1.00 bits per heavy atom. The second kappa shape index (κ2) is 7.61. The molecule has 0 radical (unpaired) electrons. The number of para-hydroxylation sites is 2. The molecule has 0 unspecified atom stereocenters. The van der Waals surface area contributed by atoms with Gasteiger partial charge in [0.25, 0.3) is 0 Å². The molecule has 1 aliphatic heterocycles. The normalized spacial score (nSPS) is 26.1. The molecule has 6 nitrogen and oxygen atoms in total. The van der Waals surface area contributed by atoms with E-state index >= 15 is 0 Å². The maximum atomic E-state index is 14.2. The van der Waals surface area contributed by atoms with Gasteiger partial charge in [-0.3, -0.25) is 9.59 Å². The monoisotopic (exact) mass is 432 g/mol. The highest BCUT2D eigenvalue weighted by molar-refractivity contribution is 6.02. The van der Waals surface area contributed by atoms with E-state index in [1.807, 2.05) is 53.2 Å². The molecule has 6 rings (SSSR count). The number of nitrogens with zero attached hydrogens (tertiary/aromatic N) is 3. The zero-order valence-electron chi connectivity index (χ0n) is 19.2. The molecule has 32 heavy (non-hydrogen) atoms. The lowest BCUT2D eigenvalue weighted by molar-refractivity contribution is -0.157. The first kappa shape index (κ1) is 21.0. The van der Waals surface area contributed by atoms with Gasteiger partial charge in [-0.25, -0.2) is 4.98 Å². The van der Waals surface area contributed by atoms with E-state index in [4.69, 9.17) is 0 Å². The summed E-state index contributed by atoms with van der Waals surface area (Å²) in [6.07, 6.45) is 6.56. The number of hydrogen-bond donors (Lipinski definition) is 1. The number of rotatable bonds is 3. The highest BCUT2D eigenvalue weighted by atomic mass is 16.2. The zero-order valence-corrected chi connectivity index (χ0v) is 19.2. The summed E-state index contributed by atoms with van der Waals surface area (Å²) in [5, 5.41) is 3.42. The van der Waals surface area contributed by atoms with E-state index in [1.54, 1.807) is 6.20 Å². The molecule has 2 aromatic rings. The van der Waals surface area contributed by atoms with E-state index in [2.05, 4.69) is 24.1 Å². The third-order valence-electron chi connectivity index (χ3n) is 8.16. The topological polar surface area (TPSA) is 65.5 Å². The van der Waals surface area contributed by atoms with Crippen LogP contribution in [0, 0.1) is 10.8 Å². The minimum atomic E-state index is -0.377. The van der Waals surface area contributed by atoms with E-state index in [1.165, 1.54) is 0 Å². The lowest BCUT2D eigenvalue weighted by Gasteiger charge is -2.53. The molecule has 1 aromatic carbocycles. The number of fused-ring (bicyclic) bond motifs is 5. The summed E-state index contributed by atoms with van der Waals surface area (Å²) in [6.45, 7) is 4.63. The Labute approximate surface area is 190 Å². The highest BCUT2D eigenvalue weighted by Crippen LogP contribution is 2.58. The van der Waals surface area contributed by atoms with Crippen LogP contribution in [0.1, 0.15) is 57.9 Å². The molecule has 1 aromatic heterocycles. The van der Waals surface area contributed by atoms with Crippen LogP contribution in [0.25, 0.3) is 0 Å². The second-order valence-electron chi connectivity index (χ2n) is 10.1. The van der Waals surface area contributed by atoms with Crippen LogP contribution in [0.5, 0.6) is 0 Å². The van der Waals surface area contributed by atoms with Crippen LogP contribution in [0.3, 0.4) is 0 Å². The van der Waals surface area contributed by atoms with Crippen molar-refractivity contribution < 1.29 is 9.59 Å². The highest BCUT2D eigenvalue weighted by Gasteiger charge is 2.57. The number of aromatic nitrogens is 1. The number of anilines is 3. The first-order valence-corrected chi connectivity index (χ1v) is 11.7. The fraction of sp³-hybridized carbons (Fsp3) is 0.500. The van der Waals surface area contributed by atoms with Crippen molar-refractivity contribution in [3.63, 3.8) is 0 Å². The van der Waals surface area contributed by atoms with Crippen molar-refractivity contribution in [2.24, 2.45) is 10.8 Å². The van der Waals surface area contributed by atoms with Crippen molar-refractivity contribution >= 4 is 29.0 Å². The van der Waals surface area contributed by atoms with Gasteiger partial charge in [-0.2, -0.15) is 0 Å². The molecule has 2 amide bonds. The van der Waals surface area contributed by atoms with Crippen molar-refractivity contribution in [2.45, 2.75) is 65.0 Å². The third-order valence-corrected chi connectivity index (χ3v) is 8.16. The summed E-state index contributed by atoms with van der Waals surface area (Å²) >= 11 is 0. The molecule has 3 fully saturated rings. The summed E-state index contributed by atoms with van der Waals surface area (Å²) in [4.78, 5) is 35.8. The molecule has 4 aliphatic rings. The number of pyridine rings is 1. The van der Waals surface area contributed by atoms with Crippen LogP contribution in [0.2, 0.25) is 0 Å². The van der Waals surface area contributed by atoms with Gasteiger partial charge in [0, 0.05) is 35.7 Å². The van der Waals surface area contributed by atoms with Crippen molar-refractivity contribution in [2.75, 3.05) is 17.3 Å². The van der Waals surface area contributed by atoms with Crippen molar-refractivity contribution in [1.82, 2.24) is 9.88 Å². The SMILES string of the molecule is CC(C)N(C)C(=O)C12CCC(C(=O)N3Cc4cccnc4Nc4ccccc43)(CC1)CC2. The lowest BCUT2D eigenvalue weighted by Crippen LogP contribution is -2.56. The number of carbonyl (C=O) groups excluding carboxylic acids is 2. The predicted molar refractivity (Wildman–Crippen MR) is 126 cm³/mol. The van der Waals surface area contributed by atoms with Gasteiger partial charge in [0.2, 0.25) is 11.8 Å². The van der Waals surface area contributed by atoms with Crippen molar-refractivity contribution in [1.29, 1.82) is 0 Å². The fourth-order valence-corrected chi connectivity index (χ4v) is 5.78. The molecule has 3 saturated carbocycles. The van der Waals surface area contributed by atoms with Crippen molar-refractivity contribution in [3.8, 4) is 0 Å². The number of carbonyl (C=O) groups is 2. The van der Waals surface area contributed by atoms with E-state index in [0.29, 0.717) is 6.54 Å². The average molecular weight is 433 g/mol. The molecule has 2 heterocycles. The van der Waals surface area contributed by atoms with Crippen LogP contribution in [0.4, 0.5) is 17.2 Å². The zero-order chi connectivity index (χ0) is 22.5. The standard InChI is InChI=1S/C26H32N4O2/c1-18(2)29(3)23(31)25-10-13-26(14-11-25,15-12-25)24(32)30-17-19-7-6-16-27-22(19)28-20-8-4-5-9-21(20)30/h4-9,16,18H,10-15,17H2,1-3H3,(H,27,28). The van der Waals surface area contributed by atoms with Gasteiger partial charge < -0.3 is 15.1 Å². The molecular formula is C26H32N4O2. The molecule has 0 spiro atoms. The predicted octanol–water partition coefficient (Wildman–Crippen LogP) is 4.88. The Hall–Kier alpha value is -2.89. The minimum Gasteiger partial charge on any atom is -0.343 e. The first-order chi connectivity index (χ1) is 15.4. The van der Waals surface area contributed by atoms with Crippen LogP contribution in [0.15, 0.2) is 42.6 Å². The molecule has 0 saturated heterocycles. The Morgan fingerprint density at radius 3 is 2.34 bits per heavy atom. The average Bonchev–Trinajstić information content (AvgIpc) is 3.00. The van der Waals surface area contributed by atoms with Gasteiger partial charge in [0.05, 0.1) is 17.9 Å². The summed E-state index contributed by atoms with van der Waals surface area (Å²) in [6, 6.07) is 12.1. The Balaban J connectivity index is 1.44. The van der Waals surface area contributed by atoms with Crippen LogP contribution in [-0.2, 0) is 16.1 Å². The van der Waals surface area contributed by atoms with Crippen LogP contribution in [-0.4, -0.2) is 34.8 Å². The lowest BCUT2D eigenvalue weighted by atomic mass is 9.52. The Kier molecular flexibility index (Phi) is 4.99. The largest absolute Gasteiger partial charge is 0.343 e. The molecule has 2 bridgehead atoms. The van der Waals surface area contributed by atoms with Gasteiger partial charge in [0.1, 0.15) is 5.82 Å². The van der Waals surface area contributed by atoms with Crippen molar-refractivity contribution in [3.05, 3.63) is 48.2 Å². The van der Waals surface area contributed by atoms with Gasteiger partial charge >= 0.3 is 0 Å². The summed E-state index contributed by atoms with van der Waals surface area (Å²) in [5.74, 6) is 1.26. The number of hydrogen-bond acceptors (Lipinski definition) is 4. The minimum absolute atomic E-state index is 0.196. The van der Waals surface area contributed by atoms with E-state index in [0.717, 1.165) is 61.3 Å². The summed E-state index contributed by atoms with van der Waals surface area (Å²) in [5.41, 5.74) is 2.17. The number of amides is 2. The quantitative estimate of drug-likeness (QED) is 0.751. The smallest absolute Gasteiger partial charge is 0.233 e. The first-order valence-electron chi connectivity index (χ1n) is 11.7. The Morgan fingerprint density at radius 2 is 1.66 bits per heavy atom. The summed E-state index contributed by atoms with van der Waals surface area (Å²) in [7, 11) is 1.91. The second-order valence-corrected chi connectivity index (χ2v) is 10.1. The molecule has 168 valence electrons. The molecule has 1 N–H and O–H groups in total. The number of nitrogens with one attached hydrogen (secondary N) is 1. The Bertz CT molecular complexity index is 1040. The third kappa shape index (κ3) is 3.19. The van der Waals surface area contributed by atoms with Gasteiger partial charge in [-0.1, -0.05) is 18.2 Å². The van der Waals surface area contributed by atoms with Gasteiger partial charge in [-0.05, 0) is 70.6 Å². The molecular weight excluding hydrogens is 400 g/mol. The maximum Gasteiger partial charge on any atom is 0.233 e. The molecule has 6 heteroatoms. The van der Waals surface area contributed by atoms with E-state index in [9.17, 15) is 9.59 Å². The number of benzene rings is 1. The van der Waals surface area contributed by atoms with Crippen LogP contribution < -0.4 is 10.2 Å². The van der Waals surface area contributed by atoms with Gasteiger partial charge in [0.15, 0.2) is 0 Å². The fourth-order valence-electron chi connectivity index (χ4n) is 5.78. The molecule has 0 atom stereocenters. The van der Waals surface area contributed by atoms with Crippen LogP contribution >= 0.6 is 0 Å². The van der Waals surface area contributed by atoms with E-state index < -0.39 is 0 Å². The van der Waals surface area contributed by atoms with Gasteiger partial charge in [-0.15, -0.1) is 0 Å². The molecule has 3 aliphatic carbocycles. The summed E-state index contributed by atoms with van der Waals surface area (Å²) < 4.78 is 0.